The predicted octanol–water partition coefficient (Wildman–Crippen LogP) is 4.50. The first-order chi connectivity index (χ1) is 14.0. The molecule has 3 aromatic rings. The average Bonchev–Trinajstić information content (AvgIpc) is 3.45. The summed E-state index contributed by atoms with van der Waals surface area (Å²) in [5.41, 5.74) is 3.01. The molecule has 29 heavy (non-hydrogen) atoms. The highest BCUT2D eigenvalue weighted by Crippen LogP contribution is 2.32. The number of carbonyl (C=O) groups is 1. The van der Waals surface area contributed by atoms with Crippen LogP contribution in [0.3, 0.4) is 0 Å². The minimum atomic E-state index is -0.253. The quantitative estimate of drug-likeness (QED) is 0.623. The molecule has 6 nitrogen and oxygen atoms in total. The highest BCUT2D eigenvalue weighted by atomic mass is 32.1. The van der Waals surface area contributed by atoms with Gasteiger partial charge in [0.2, 0.25) is 0 Å². The van der Waals surface area contributed by atoms with Crippen molar-refractivity contribution in [1.82, 2.24) is 20.3 Å². The Morgan fingerprint density at radius 3 is 2.66 bits per heavy atom. The van der Waals surface area contributed by atoms with Gasteiger partial charge in [-0.15, -0.1) is 11.3 Å². The Hall–Kier alpha value is -2.80. The minimum absolute atomic E-state index is 0.175. The number of aromatic nitrogens is 3. The maximum Gasteiger partial charge on any atom is 0.251 e. The van der Waals surface area contributed by atoms with Gasteiger partial charge in [-0.1, -0.05) is 0 Å². The van der Waals surface area contributed by atoms with Crippen molar-refractivity contribution in [3.8, 4) is 16.3 Å². The first kappa shape index (κ1) is 19.5. The van der Waals surface area contributed by atoms with Gasteiger partial charge in [0.25, 0.3) is 5.91 Å². The molecule has 1 atom stereocenters. The number of aryl methyl sites for hydroxylation is 2. The van der Waals surface area contributed by atoms with E-state index < -0.39 is 0 Å². The molecule has 0 spiro atoms. The molecule has 0 bridgehead atoms. The van der Waals surface area contributed by atoms with Gasteiger partial charge in [0.1, 0.15) is 10.8 Å². The fourth-order valence-corrected chi connectivity index (χ4v) is 3.66. The summed E-state index contributed by atoms with van der Waals surface area (Å²) in [5.74, 6) is 1.17. The maximum atomic E-state index is 13.0. The maximum absolute atomic E-state index is 13.0. The van der Waals surface area contributed by atoms with E-state index in [0.29, 0.717) is 23.8 Å². The molecule has 2 heterocycles. The zero-order valence-corrected chi connectivity index (χ0v) is 17.6. The summed E-state index contributed by atoms with van der Waals surface area (Å²) < 4.78 is 5.97. The molecule has 7 heteroatoms. The van der Waals surface area contributed by atoms with Crippen LogP contribution in [0.25, 0.3) is 10.6 Å². The van der Waals surface area contributed by atoms with Gasteiger partial charge in [0.15, 0.2) is 0 Å². The van der Waals surface area contributed by atoms with Crippen molar-refractivity contribution in [2.45, 2.75) is 39.7 Å². The molecule has 1 amide bonds. The molecule has 1 aliphatic rings. The van der Waals surface area contributed by atoms with E-state index in [0.717, 1.165) is 26.8 Å². The fourth-order valence-electron chi connectivity index (χ4n) is 2.90. The van der Waals surface area contributed by atoms with Gasteiger partial charge in [-0.2, -0.15) is 0 Å². The number of hydrogen-bond acceptors (Lipinski definition) is 6. The lowest BCUT2D eigenvalue weighted by molar-refractivity contribution is 0.0938. The molecule has 1 N–H and O–H groups in total. The average molecular weight is 409 g/mol. The molecule has 1 saturated carbocycles. The van der Waals surface area contributed by atoms with Gasteiger partial charge >= 0.3 is 0 Å². The van der Waals surface area contributed by atoms with Crippen molar-refractivity contribution >= 4 is 17.2 Å². The third-order valence-corrected chi connectivity index (χ3v) is 5.77. The Kier molecular flexibility index (Phi) is 5.58. The second-order valence-corrected chi connectivity index (χ2v) is 8.79. The van der Waals surface area contributed by atoms with Crippen LogP contribution in [0.2, 0.25) is 0 Å². The Bertz CT molecular complexity index is 1010. The molecule has 0 radical (unpaired) electrons. The lowest BCUT2D eigenvalue weighted by atomic mass is 10.1. The molecule has 1 aliphatic carbocycles. The largest absolute Gasteiger partial charge is 0.493 e. The van der Waals surface area contributed by atoms with Crippen LogP contribution >= 0.6 is 11.3 Å². The van der Waals surface area contributed by atoms with Crippen molar-refractivity contribution in [1.29, 1.82) is 0 Å². The van der Waals surface area contributed by atoms with Crippen LogP contribution in [0, 0.1) is 19.8 Å². The van der Waals surface area contributed by atoms with Crippen molar-refractivity contribution in [3.05, 3.63) is 58.6 Å². The second kappa shape index (κ2) is 8.29. The van der Waals surface area contributed by atoms with Crippen molar-refractivity contribution < 1.29 is 9.53 Å². The lowest BCUT2D eigenvalue weighted by Gasteiger charge is -2.15. The Balaban J connectivity index is 1.57. The van der Waals surface area contributed by atoms with E-state index >= 15 is 0 Å². The first-order valence-electron chi connectivity index (χ1n) is 9.78. The summed E-state index contributed by atoms with van der Waals surface area (Å²) in [5, 5.41) is 3.89. The predicted molar refractivity (Wildman–Crippen MR) is 113 cm³/mol. The van der Waals surface area contributed by atoms with Crippen LogP contribution in [-0.4, -0.2) is 27.5 Å². The molecule has 0 saturated heterocycles. The van der Waals surface area contributed by atoms with Gasteiger partial charge in [0, 0.05) is 28.4 Å². The summed E-state index contributed by atoms with van der Waals surface area (Å²) in [7, 11) is 0. The summed E-state index contributed by atoms with van der Waals surface area (Å²) in [6, 6.07) is 5.38. The van der Waals surface area contributed by atoms with Crippen molar-refractivity contribution in [3.63, 3.8) is 0 Å². The smallest absolute Gasteiger partial charge is 0.251 e. The number of nitrogens with one attached hydrogen (secondary N) is 1. The van der Waals surface area contributed by atoms with Gasteiger partial charge in [0.05, 0.1) is 30.2 Å². The number of nitrogens with zero attached hydrogens (tertiary/aromatic N) is 3. The second-order valence-electron chi connectivity index (χ2n) is 7.55. The zero-order valence-electron chi connectivity index (χ0n) is 16.8. The van der Waals surface area contributed by atoms with E-state index in [1.54, 1.807) is 29.8 Å². The van der Waals surface area contributed by atoms with E-state index in [-0.39, 0.29) is 11.9 Å². The number of benzene rings is 1. The molecule has 1 aromatic carbocycles. The number of carbonyl (C=O) groups excluding carboxylic acids is 1. The molecule has 0 unspecified atom stereocenters. The molecule has 2 aromatic heterocycles. The third-order valence-electron chi connectivity index (χ3n) is 4.81. The lowest BCUT2D eigenvalue weighted by Crippen LogP contribution is -2.27. The summed E-state index contributed by atoms with van der Waals surface area (Å²) in [4.78, 5) is 27.2. The Labute approximate surface area is 174 Å². The summed E-state index contributed by atoms with van der Waals surface area (Å²) >= 11 is 1.60. The van der Waals surface area contributed by atoms with Crippen LogP contribution in [0.15, 0.2) is 36.8 Å². The highest BCUT2D eigenvalue weighted by molar-refractivity contribution is 7.14. The van der Waals surface area contributed by atoms with Gasteiger partial charge in [-0.25, -0.2) is 4.98 Å². The normalized spacial score (nSPS) is 14.4. The van der Waals surface area contributed by atoms with Crippen LogP contribution in [0.5, 0.6) is 5.75 Å². The molecule has 0 aliphatic heterocycles. The molecular weight excluding hydrogens is 384 g/mol. The first-order valence-corrected chi connectivity index (χ1v) is 10.6. The van der Waals surface area contributed by atoms with Gasteiger partial charge in [-0.05, 0) is 57.7 Å². The van der Waals surface area contributed by atoms with Crippen molar-refractivity contribution in [2.75, 3.05) is 6.61 Å². The van der Waals surface area contributed by atoms with E-state index in [4.69, 9.17) is 4.74 Å². The zero-order chi connectivity index (χ0) is 20.4. The van der Waals surface area contributed by atoms with E-state index in [9.17, 15) is 4.79 Å². The topological polar surface area (TPSA) is 77.0 Å². The summed E-state index contributed by atoms with van der Waals surface area (Å²) in [6.07, 6.45) is 7.67. The van der Waals surface area contributed by atoms with Crippen LogP contribution in [0.1, 0.15) is 52.4 Å². The molecular formula is C22H24N4O2S. The number of amides is 1. The highest BCUT2D eigenvalue weighted by Gasteiger charge is 2.22. The number of hydrogen-bond donors (Lipinski definition) is 1. The summed E-state index contributed by atoms with van der Waals surface area (Å²) in [6.45, 7) is 6.49. The van der Waals surface area contributed by atoms with Crippen LogP contribution in [0.4, 0.5) is 0 Å². The third kappa shape index (κ3) is 4.98. The molecule has 150 valence electrons. The Morgan fingerprint density at radius 2 is 2.00 bits per heavy atom. The number of rotatable bonds is 7. The Morgan fingerprint density at radius 1 is 1.17 bits per heavy atom. The van der Waals surface area contributed by atoms with E-state index in [2.05, 4.69) is 20.3 Å². The standard InChI is InChI=1S/C22H24N4O2S/c1-13-9-24-20(11-23-13)15(3)26-21(27)17-6-18(22-25-10-14(2)29-22)8-19(7-17)28-12-16-4-5-16/h6-11,15-16H,4-5,12H2,1-3H3,(H,26,27)/t15-/m1/s1. The number of ether oxygens (including phenoxy) is 1. The van der Waals surface area contributed by atoms with Crippen LogP contribution < -0.4 is 10.1 Å². The van der Waals surface area contributed by atoms with Crippen molar-refractivity contribution in [2.24, 2.45) is 5.92 Å². The fraction of sp³-hybridized carbons (Fsp3) is 0.364. The van der Waals surface area contributed by atoms with Gasteiger partial charge in [-0.3, -0.25) is 14.8 Å². The van der Waals surface area contributed by atoms with Crippen LogP contribution in [-0.2, 0) is 0 Å². The van der Waals surface area contributed by atoms with E-state index in [1.807, 2.05) is 39.1 Å². The molecule has 1 fully saturated rings. The number of thiazole rings is 1. The monoisotopic (exact) mass is 408 g/mol. The van der Waals surface area contributed by atoms with Gasteiger partial charge < -0.3 is 10.1 Å². The molecule has 4 rings (SSSR count). The SMILES string of the molecule is Cc1cnc([C@@H](C)NC(=O)c2cc(OCC3CC3)cc(-c3ncc(C)s3)c2)cn1. The van der Waals surface area contributed by atoms with E-state index in [1.165, 1.54) is 12.8 Å². The minimum Gasteiger partial charge on any atom is -0.493 e.